The van der Waals surface area contributed by atoms with Crippen LogP contribution in [0.15, 0.2) is 24.3 Å². The Hall–Kier alpha value is -2.37. The summed E-state index contributed by atoms with van der Waals surface area (Å²) in [5, 5.41) is 5.62. The van der Waals surface area contributed by atoms with Crippen LogP contribution in [0.4, 0.5) is 0 Å². The summed E-state index contributed by atoms with van der Waals surface area (Å²) in [4.78, 5) is 38.8. The van der Waals surface area contributed by atoms with Crippen LogP contribution in [0.25, 0.3) is 0 Å². The highest BCUT2D eigenvalue weighted by Gasteiger charge is 2.33. The molecule has 0 radical (unpaired) electrons. The van der Waals surface area contributed by atoms with Gasteiger partial charge in [-0.1, -0.05) is 32.0 Å². The van der Waals surface area contributed by atoms with Crippen molar-refractivity contribution < 1.29 is 14.4 Å². The summed E-state index contributed by atoms with van der Waals surface area (Å²) in [5.41, 5.74) is 1.41. The van der Waals surface area contributed by atoms with E-state index in [4.69, 9.17) is 0 Å². The maximum atomic E-state index is 12.6. The number of aryl methyl sites for hydroxylation is 1. The van der Waals surface area contributed by atoms with Gasteiger partial charge in [-0.25, -0.2) is 0 Å². The van der Waals surface area contributed by atoms with E-state index in [1.807, 2.05) is 32.9 Å². The van der Waals surface area contributed by atoms with E-state index in [1.54, 1.807) is 24.1 Å². The molecule has 2 atom stereocenters. The minimum absolute atomic E-state index is 0.0816. The first-order chi connectivity index (χ1) is 11.8. The summed E-state index contributed by atoms with van der Waals surface area (Å²) >= 11 is 0. The zero-order valence-corrected chi connectivity index (χ0v) is 15.3. The van der Waals surface area contributed by atoms with Gasteiger partial charge in [-0.05, 0) is 37.3 Å². The first kappa shape index (κ1) is 19.0. The fourth-order valence-corrected chi connectivity index (χ4v) is 3.00. The van der Waals surface area contributed by atoms with Crippen molar-refractivity contribution in [3.63, 3.8) is 0 Å². The Balaban J connectivity index is 2.07. The van der Waals surface area contributed by atoms with E-state index in [0.29, 0.717) is 24.9 Å². The van der Waals surface area contributed by atoms with Crippen LogP contribution < -0.4 is 10.6 Å². The van der Waals surface area contributed by atoms with E-state index >= 15 is 0 Å². The summed E-state index contributed by atoms with van der Waals surface area (Å²) in [6.07, 6.45) is 1.11. The van der Waals surface area contributed by atoms with Gasteiger partial charge in [-0.15, -0.1) is 0 Å². The molecule has 0 saturated carbocycles. The topological polar surface area (TPSA) is 78.5 Å². The van der Waals surface area contributed by atoms with Crippen LogP contribution in [0.3, 0.4) is 0 Å². The maximum Gasteiger partial charge on any atom is 0.252 e. The van der Waals surface area contributed by atoms with Crippen LogP contribution in [0, 0.1) is 12.8 Å². The lowest BCUT2D eigenvalue weighted by molar-refractivity contribution is -0.132. The van der Waals surface area contributed by atoms with Crippen LogP contribution in [0.2, 0.25) is 0 Å². The average Bonchev–Trinajstić information content (AvgIpc) is 2.86. The van der Waals surface area contributed by atoms with Crippen LogP contribution in [0.5, 0.6) is 0 Å². The molecule has 1 aromatic carbocycles. The van der Waals surface area contributed by atoms with E-state index in [1.165, 1.54) is 0 Å². The molecule has 1 aromatic rings. The number of nitrogens with zero attached hydrogens (tertiary/aromatic N) is 1. The number of benzene rings is 1. The lowest BCUT2D eigenvalue weighted by Gasteiger charge is -2.22. The maximum absolute atomic E-state index is 12.6. The number of carbonyl (C=O) groups is 3. The molecule has 0 bridgehead atoms. The highest BCUT2D eigenvalue weighted by Crippen LogP contribution is 2.12. The first-order valence-corrected chi connectivity index (χ1v) is 8.71. The summed E-state index contributed by atoms with van der Waals surface area (Å²) < 4.78 is 0. The molecule has 1 aliphatic rings. The fourth-order valence-electron chi connectivity index (χ4n) is 3.00. The molecule has 3 amide bonds. The monoisotopic (exact) mass is 345 g/mol. The van der Waals surface area contributed by atoms with E-state index in [2.05, 4.69) is 10.6 Å². The van der Waals surface area contributed by atoms with E-state index in [9.17, 15) is 14.4 Å². The molecule has 2 N–H and O–H groups in total. The lowest BCUT2D eigenvalue weighted by atomic mass is 10.0. The van der Waals surface area contributed by atoms with Gasteiger partial charge >= 0.3 is 0 Å². The van der Waals surface area contributed by atoms with Gasteiger partial charge in [0.15, 0.2) is 0 Å². The summed E-state index contributed by atoms with van der Waals surface area (Å²) in [5.74, 6) is -0.421. The minimum atomic E-state index is -0.661. The molecule has 1 aliphatic heterocycles. The summed E-state index contributed by atoms with van der Waals surface area (Å²) in [6.45, 7) is 6.48. The largest absolute Gasteiger partial charge is 0.344 e. The fraction of sp³-hybridized carbons (Fsp3) is 0.526. The van der Waals surface area contributed by atoms with Crippen molar-refractivity contribution in [1.82, 2.24) is 15.5 Å². The van der Waals surface area contributed by atoms with Crippen molar-refractivity contribution in [2.24, 2.45) is 5.92 Å². The van der Waals surface area contributed by atoms with Crippen molar-refractivity contribution >= 4 is 17.7 Å². The van der Waals surface area contributed by atoms with Crippen LogP contribution in [0.1, 0.15) is 42.6 Å². The molecule has 1 heterocycles. The van der Waals surface area contributed by atoms with Crippen molar-refractivity contribution in [3.05, 3.63) is 35.4 Å². The SMILES string of the molecule is Cc1ccccc1C(=O)N[C@H](CC(C)C)C(=O)N[C@H]1CCN(C)C1=O. The predicted molar refractivity (Wildman–Crippen MR) is 96.1 cm³/mol. The third-order valence-corrected chi connectivity index (χ3v) is 4.46. The van der Waals surface area contributed by atoms with Crippen molar-refractivity contribution in [2.75, 3.05) is 13.6 Å². The zero-order valence-electron chi connectivity index (χ0n) is 15.3. The second kappa shape index (κ2) is 8.14. The second-order valence-corrected chi connectivity index (χ2v) is 7.08. The molecule has 25 heavy (non-hydrogen) atoms. The Morgan fingerprint density at radius 2 is 1.96 bits per heavy atom. The quantitative estimate of drug-likeness (QED) is 0.820. The van der Waals surface area contributed by atoms with Gasteiger partial charge in [0.1, 0.15) is 12.1 Å². The van der Waals surface area contributed by atoms with Crippen molar-refractivity contribution in [3.8, 4) is 0 Å². The normalized spacial score (nSPS) is 18.4. The molecule has 1 fully saturated rings. The Bertz CT molecular complexity index is 657. The van der Waals surface area contributed by atoms with Crippen molar-refractivity contribution in [1.29, 1.82) is 0 Å². The molecule has 0 aromatic heterocycles. The molecule has 0 aliphatic carbocycles. The van der Waals surface area contributed by atoms with E-state index in [0.717, 1.165) is 5.56 Å². The number of hydrogen-bond donors (Lipinski definition) is 2. The van der Waals surface area contributed by atoms with Crippen LogP contribution in [-0.2, 0) is 9.59 Å². The molecule has 0 spiro atoms. The molecule has 6 nitrogen and oxygen atoms in total. The minimum Gasteiger partial charge on any atom is -0.344 e. The Morgan fingerprint density at radius 3 is 2.52 bits per heavy atom. The summed E-state index contributed by atoms with van der Waals surface area (Å²) in [7, 11) is 1.72. The third kappa shape index (κ3) is 4.81. The second-order valence-electron chi connectivity index (χ2n) is 7.08. The van der Waals surface area contributed by atoms with Crippen LogP contribution in [-0.4, -0.2) is 48.3 Å². The predicted octanol–water partition coefficient (Wildman–Crippen LogP) is 1.49. The van der Waals surface area contributed by atoms with Gasteiger partial charge in [0.25, 0.3) is 5.91 Å². The van der Waals surface area contributed by atoms with Gasteiger partial charge < -0.3 is 15.5 Å². The van der Waals surface area contributed by atoms with E-state index in [-0.39, 0.29) is 23.6 Å². The highest BCUT2D eigenvalue weighted by atomic mass is 16.2. The zero-order chi connectivity index (χ0) is 18.6. The number of likely N-dealkylation sites (N-methyl/N-ethyl adjacent to an activating group) is 1. The molecule has 0 unspecified atom stereocenters. The standard InChI is InChI=1S/C19H27N3O3/c1-12(2)11-16(18(24)20-15-9-10-22(4)19(15)25)21-17(23)14-8-6-5-7-13(14)3/h5-8,12,15-16H,9-11H2,1-4H3,(H,20,24)(H,21,23)/t15-,16+/m0/s1. The molecular formula is C19H27N3O3. The lowest BCUT2D eigenvalue weighted by Crippen LogP contribution is -2.51. The molecule has 136 valence electrons. The number of amides is 3. The van der Waals surface area contributed by atoms with Gasteiger partial charge in [-0.3, -0.25) is 14.4 Å². The Kier molecular flexibility index (Phi) is 6.17. The Morgan fingerprint density at radius 1 is 1.28 bits per heavy atom. The third-order valence-electron chi connectivity index (χ3n) is 4.46. The number of nitrogens with one attached hydrogen (secondary N) is 2. The van der Waals surface area contributed by atoms with E-state index < -0.39 is 12.1 Å². The average molecular weight is 345 g/mol. The molecule has 6 heteroatoms. The molecular weight excluding hydrogens is 318 g/mol. The summed E-state index contributed by atoms with van der Waals surface area (Å²) in [6, 6.07) is 6.11. The number of hydrogen-bond acceptors (Lipinski definition) is 3. The van der Waals surface area contributed by atoms with Gasteiger partial charge in [0.05, 0.1) is 0 Å². The van der Waals surface area contributed by atoms with Gasteiger partial charge in [-0.2, -0.15) is 0 Å². The van der Waals surface area contributed by atoms with Gasteiger partial charge in [0.2, 0.25) is 11.8 Å². The van der Waals surface area contributed by atoms with Crippen molar-refractivity contribution in [2.45, 2.75) is 45.7 Å². The molecule has 1 saturated heterocycles. The number of carbonyl (C=O) groups excluding carboxylic acids is 3. The Labute approximate surface area is 149 Å². The molecule has 2 rings (SSSR count). The van der Waals surface area contributed by atoms with Crippen LogP contribution >= 0.6 is 0 Å². The smallest absolute Gasteiger partial charge is 0.252 e. The number of rotatable bonds is 6. The highest BCUT2D eigenvalue weighted by molar-refractivity contribution is 5.99. The number of likely N-dealkylation sites (tertiary alicyclic amines) is 1. The van der Waals surface area contributed by atoms with Gasteiger partial charge in [0, 0.05) is 19.2 Å². The first-order valence-electron chi connectivity index (χ1n) is 8.71.